The van der Waals surface area contributed by atoms with Crippen LogP contribution in [-0.4, -0.2) is 24.8 Å². The number of hydrogen-bond donors (Lipinski definition) is 1. The first-order valence-corrected chi connectivity index (χ1v) is 7.92. The molecule has 0 radical (unpaired) electrons. The minimum Gasteiger partial charge on any atom is -0.374 e. The second kappa shape index (κ2) is 5.92. The molecule has 2 heteroatoms. The highest BCUT2D eigenvalue weighted by molar-refractivity contribution is 4.98. The van der Waals surface area contributed by atoms with Crippen molar-refractivity contribution in [1.29, 1.82) is 0 Å². The maximum Gasteiger partial charge on any atom is 0.0810 e. The maximum absolute atomic E-state index is 6.12. The molecule has 1 saturated carbocycles. The van der Waals surface area contributed by atoms with Gasteiger partial charge in [-0.15, -0.1) is 0 Å². The van der Waals surface area contributed by atoms with Crippen LogP contribution in [0.2, 0.25) is 0 Å². The van der Waals surface area contributed by atoms with E-state index in [-0.39, 0.29) is 5.60 Å². The summed E-state index contributed by atoms with van der Waals surface area (Å²) in [5.74, 6) is 2.56. The standard InChI is InChI=1S/C16H31NO/c1-5-17-15(16(4)7-6-8-18-16)14-10-12(2)9-13(3)11-14/h12-15,17H,5-11H2,1-4H3. The Hall–Kier alpha value is -0.0800. The van der Waals surface area contributed by atoms with Crippen molar-refractivity contribution in [3.05, 3.63) is 0 Å². The highest BCUT2D eigenvalue weighted by atomic mass is 16.5. The molecule has 1 aliphatic heterocycles. The summed E-state index contributed by atoms with van der Waals surface area (Å²) in [7, 11) is 0. The van der Waals surface area contributed by atoms with Gasteiger partial charge in [0.2, 0.25) is 0 Å². The monoisotopic (exact) mass is 253 g/mol. The normalized spacial score (nSPS) is 43.0. The Bertz CT molecular complexity index is 250. The third kappa shape index (κ3) is 3.08. The summed E-state index contributed by atoms with van der Waals surface area (Å²) in [5.41, 5.74) is 0.0808. The summed E-state index contributed by atoms with van der Waals surface area (Å²) in [6.45, 7) is 11.4. The van der Waals surface area contributed by atoms with Crippen molar-refractivity contribution in [3.63, 3.8) is 0 Å². The van der Waals surface area contributed by atoms with Crippen LogP contribution in [0.5, 0.6) is 0 Å². The summed E-state index contributed by atoms with van der Waals surface area (Å²) < 4.78 is 6.12. The highest BCUT2D eigenvalue weighted by Crippen LogP contribution is 2.41. The SMILES string of the molecule is CCNC(C1CC(C)CC(C)C1)C1(C)CCCO1. The van der Waals surface area contributed by atoms with Crippen molar-refractivity contribution in [2.75, 3.05) is 13.2 Å². The Balaban J connectivity index is 2.08. The second-order valence-electron chi connectivity index (χ2n) is 6.98. The van der Waals surface area contributed by atoms with Crippen LogP contribution in [-0.2, 0) is 4.74 Å². The molecular weight excluding hydrogens is 222 g/mol. The number of ether oxygens (including phenoxy) is 1. The molecule has 1 aliphatic carbocycles. The summed E-state index contributed by atoms with van der Waals surface area (Å²) in [6, 6.07) is 0.551. The van der Waals surface area contributed by atoms with Gasteiger partial charge in [-0.2, -0.15) is 0 Å². The van der Waals surface area contributed by atoms with Crippen molar-refractivity contribution in [2.45, 2.75) is 71.4 Å². The van der Waals surface area contributed by atoms with E-state index in [9.17, 15) is 0 Å². The molecule has 0 aromatic carbocycles. The van der Waals surface area contributed by atoms with Crippen molar-refractivity contribution in [2.24, 2.45) is 17.8 Å². The van der Waals surface area contributed by atoms with Gasteiger partial charge < -0.3 is 10.1 Å². The molecule has 18 heavy (non-hydrogen) atoms. The molecule has 0 bridgehead atoms. The number of nitrogens with one attached hydrogen (secondary N) is 1. The molecule has 1 N–H and O–H groups in total. The molecule has 1 heterocycles. The van der Waals surface area contributed by atoms with Gasteiger partial charge >= 0.3 is 0 Å². The van der Waals surface area contributed by atoms with Crippen LogP contribution < -0.4 is 5.32 Å². The van der Waals surface area contributed by atoms with Crippen LogP contribution in [0.15, 0.2) is 0 Å². The first-order valence-electron chi connectivity index (χ1n) is 7.92. The van der Waals surface area contributed by atoms with Gasteiger partial charge in [-0.25, -0.2) is 0 Å². The molecule has 2 fully saturated rings. The second-order valence-corrected chi connectivity index (χ2v) is 6.98. The average molecular weight is 253 g/mol. The largest absolute Gasteiger partial charge is 0.374 e. The molecule has 4 unspecified atom stereocenters. The van der Waals surface area contributed by atoms with E-state index >= 15 is 0 Å². The molecule has 1 saturated heterocycles. The third-order valence-corrected chi connectivity index (χ3v) is 5.02. The van der Waals surface area contributed by atoms with Crippen molar-refractivity contribution < 1.29 is 4.74 Å². The van der Waals surface area contributed by atoms with E-state index in [1.807, 2.05) is 0 Å². The molecule has 2 aliphatic rings. The van der Waals surface area contributed by atoms with Gasteiger partial charge in [-0.1, -0.05) is 20.8 Å². The van der Waals surface area contributed by atoms with Gasteiger partial charge in [0.15, 0.2) is 0 Å². The van der Waals surface area contributed by atoms with Crippen LogP contribution >= 0.6 is 0 Å². The first kappa shape index (κ1) is 14.3. The van der Waals surface area contributed by atoms with Gasteiger partial charge in [0, 0.05) is 12.6 Å². The van der Waals surface area contributed by atoms with E-state index in [4.69, 9.17) is 4.74 Å². The third-order valence-electron chi connectivity index (χ3n) is 5.02. The Kier molecular flexibility index (Phi) is 4.71. The lowest BCUT2D eigenvalue weighted by Crippen LogP contribution is -2.54. The number of hydrogen-bond acceptors (Lipinski definition) is 2. The van der Waals surface area contributed by atoms with E-state index in [0.29, 0.717) is 6.04 Å². The Labute approximate surface area is 113 Å². The quantitative estimate of drug-likeness (QED) is 0.826. The summed E-state index contributed by atoms with van der Waals surface area (Å²) in [6.07, 6.45) is 6.62. The van der Waals surface area contributed by atoms with Crippen LogP contribution in [0.3, 0.4) is 0 Å². The fourth-order valence-corrected chi connectivity index (χ4v) is 4.43. The van der Waals surface area contributed by atoms with Crippen LogP contribution in [0.4, 0.5) is 0 Å². The lowest BCUT2D eigenvalue weighted by atomic mass is 9.70. The molecule has 0 spiro atoms. The molecule has 106 valence electrons. The first-order chi connectivity index (χ1) is 8.55. The minimum absolute atomic E-state index is 0.0808. The zero-order valence-electron chi connectivity index (χ0n) is 12.7. The Morgan fingerprint density at radius 3 is 2.39 bits per heavy atom. The van der Waals surface area contributed by atoms with Crippen LogP contribution in [0, 0.1) is 17.8 Å². The molecule has 2 nitrogen and oxygen atoms in total. The average Bonchev–Trinajstić information content (AvgIpc) is 2.72. The molecule has 0 aromatic heterocycles. The highest BCUT2D eigenvalue weighted by Gasteiger charge is 2.43. The van der Waals surface area contributed by atoms with E-state index < -0.39 is 0 Å². The molecular formula is C16H31NO. The Morgan fingerprint density at radius 2 is 1.89 bits per heavy atom. The lowest BCUT2D eigenvalue weighted by molar-refractivity contribution is -0.0394. The van der Waals surface area contributed by atoms with E-state index in [2.05, 4.69) is 33.0 Å². The van der Waals surface area contributed by atoms with Gasteiger partial charge in [-0.05, 0) is 63.3 Å². The van der Waals surface area contributed by atoms with Gasteiger partial charge in [0.05, 0.1) is 5.60 Å². The van der Waals surface area contributed by atoms with Gasteiger partial charge in [0.1, 0.15) is 0 Å². The number of rotatable bonds is 4. The molecule has 0 amide bonds. The van der Waals surface area contributed by atoms with Crippen molar-refractivity contribution in [1.82, 2.24) is 5.32 Å². The van der Waals surface area contributed by atoms with E-state index in [1.54, 1.807) is 0 Å². The zero-order chi connectivity index (χ0) is 13.2. The van der Waals surface area contributed by atoms with Crippen molar-refractivity contribution in [3.8, 4) is 0 Å². The van der Waals surface area contributed by atoms with Crippen LogP contribution in [0.25, 0.3) is 0 Å². The van der Waals surface area contributed by atoms with Gasteiger partial charge in [0.25, 0.3) is 0 Å². The summed E-state index contributed by atoms with van der Waals surface area (Å²) in [4.78, 5) is 0. The summed E-state index contributed by atoms with van der Waals surface area (Å²) >= 11 is 0. The molecule has 4 atom stereocenters. The van der Waals surface area contributed by atoms with Crippen molar-refractivity contribution >= 4 is 0 Å². The smallest absolute Gasteiger partial charge is 0.0810 e. The molecule has 0 aromatic rings. The fraction of sp³-hybridized carbons (Fsp3) is 1.00. The summed E-state index contributed by atoms with van der Waals surface area (Å²) in [5, 5.41) is 3.75. The topological polar surface area (TPSA) is 21.3 Å². The Morgan fingerprint density at radius 1 is 1.22 bits per heavy atom. The van der Waals surface area contributed by atoms with Crippen LogP contribution in [0.1, 0.15) is 59.8 Å². The van der Waals surface area contributed by atoms with E-state index in [1.165, 1.54) is 32.1 Å². The van der Waals surface area contributed by atoms with Gasteiger partial charge in [-0.3, -0.25) is 0 Å². The molecule has 2 rings (SSSR count). The number of likely N-dealkylation sites (N-methyl/N-ethyl adjacent to an activating group) is 1. The maximum atomic E-state index is 6.12. The predicted octanol–water partition coefficient (Wildman–Crippen LogP) is 3.61. The zero-order valence-corrected chi connectivity index (χ0v) is 12.7. The fourth-order valence-electron chi connectivity index (χ4n) is 4.43. The minimum atomic E-state index is 0.0808. The lowest BCUT2D eigenvalue weighted by Gasteiger charge is -2.43. The van der Waals surface area contributed by atoms with E-state index in [0.717, 1.165) is 30.9 Å². The predicted molar refractivity (Wildman–Crippen MR) is 76.7 cm³/mol.